The Bertz CT molecular complexity index is 1450. The van der Waals surface area contributed by atoms with Gasteiger partial charge < -0.3 is 15.2 Å². The van der Waals surface area contributed by atoms with Crippen LogP contribution in [-0.2, 0) is 10.0 Å². The Labute approximate surface area is 194 Å². The number of phenols is 1. The monoisotopic (exact) mass is 482 g/mol. The molecule has 0 aliphatic rings. The Balaban J connectivity index is 1.61. The van der Waals surface area contributed by atoms with Crippen molar-refractivity contribution < 1.29 is 27.4 Å². The predicted molar refractivity (Wildman–Crippen MR) is 124 cm³/mol. The predicted octanol–water partition coefficient (Wildman–Crippen LogP) is 3.98. The first kappa shape index (κ1) is 22.8. The number of hydrogen-bond donors (Lipinski definition) is 4. The minimum absolute atomic E-state index is 0.117. The minimum Gasteiger partial charge on any atom is -0.506 e. The van der Waals surface area contributed by atoms with Gasteiger partial charge >= 0.3 is 0 Å². The van der Waals surface area contributed by atoms with Crippen molar-refractivity contribution in [1.82, 2.24) is 10.2 Å². The van der Waals surface area contributed by atoms with E-state index < -0.39 is 21.7 Å². The number of benzene rings is 3. The molecular formula is C23H19FN4O5S. The smallest absolute Gasteiger partial charge is 0.262 e. The first-order valence-corrected chi connectivity index (χ1v) is 11.4. The third-order valence-electron chi connectivity index (χ3n) is 4.89. The van der Waals surface area contributed by atoms with Gasteiger partial charge in [0.05, 0.1) is 40.8 Å². The Morgan fingerprint density at radius 3 is 2.53 bits per heavy atom. The molecule has 1 aromatic heterocycles. The van der Waals surface area contributed by atoms with Crippen LogP contribution < -0.4 is 14.8 Å². The van der Waals surface area contributed by atoms with Crippen LogP contribution in [0.15, 0.2) is 77.8 Å². The quantitative estimate of drug-likeness (QED) is 0.295. The van der Waals surface area contributed by atoms with Gasteiger partial charge in [0.25, 0.3) is 15.9 Å². The highest BCUT2D eigenvalue weighted by molar-refractivity contribution is 7.92. The molecule has 0 bridgehead atoms. The van der Waals surface area contributed by atoms with Gasteiger partial charge in [-0.05, 0) is 54.6 Å². The molecule has 0 aliphatic heterocycles. The molecule has 0 saturated carbocycles. The van der Waals surface area contributed by atoms with E-state index in [0.29, 0.717) is 17.0 Å². The minimum atomic E-state index is -4.08. The van der Waals surface area contributed by atoms with Crippen molar-refractivity contribution in [2.75, 3.05) is 17.1 Å². The van der Waals surface area contributed by atoms with Gasteiger partial charge in [0.1, 0.15) is 17.3 Å². The third-order valence-corrected chi connectivity index (χ3v) is 6.26. The second-order valence-corrected chi connectivity index (χ2v) is 8.79. The van der Waals surface area contributed by atoms with Crippen molar-refractivity contribution in [2.24, 2.45) is 0 Å². The van der Waals surface area contributed by atoms with E-state index in [1.807, 2.05) is 0 Å². The number of aromatic amines is 1. The van der Waals surface area contributed by atoms with Crippen LogP contribution in [-0.4, -0.2) is 36.7 Å². The molecule has 11 heteroatoms. The molecule has 0 unspecified atom stereocenters. The number of nitrogens with one attached hydrogen (secondary N) is 3. The largest absolute Gasteiger partial charge is 0.506 e. The fourth-order valence-corrected chi connectivity index (χ4v) is 4.30. The number of phenolic OH excluding ortho intramolecular Hbond substituents is 1. The first-order valence-electron chi connectivity index (χ1n) is 9.88. The Kier molecular flexibility index (Phi) is 6.19. The van der Waals surface area contributed by atoms with E-state index in [1.54, 1.807) is 18.2 Å². The lowest BCUT2D eigenvalue weighted by molar-refractivity contribution is 0.102. The van der Waals surface area contributed by atoms with Gasteiger partial charge in [0.2, 0.25) is 0 Å². The van der Waals surface area contributed by atoms with Gasteiger partial charge in [-0.2, -0.15) is 5.10 Å². The zero-order valence-corrected chi connectivity index (χ0v) is 18.6. The molecule has 1 heterocycles. The summed E-state index contributed by atoms with van der Waals surface area (Å²) in [5, 5.41) is 19.3. The summed E-state index contributed by atoms with van der Waals surface area (Å²) in [4.78, 5) is 12.7. The van der Waals surface area contributed by atoms with Gasteiger partial charge in [-0.15, -0.1) is 0 Å². The fraction of sp³-hybridized carbons (Fsp3) is 0.0435. The molecule has 4 aromatic rings. The van der Waals surface area contributed by atoms with E-state index in [9.17, 15) is 22.7 Å². The molecule has 0 fully saturated rings. The van der Waals surface area contributed by atoms with Crippen molar-refractivity contribution in [1.29, 1.82) is 0 Å². The average Bonchev–Trinajstić information content (AvgIpc) is 3.31. The normalized spacial score (nSPS) is 11.1. The summed E-state index contributed by atoms with van der Waals surface area (Å²) in [5.74, 6) is -1.10. The maximum Gasteiger partial charge on any atom is 0.262 e. The molecular weight excluding hydrogens is 463 g/mol. The average molecular weight is 482 g/mol. The van der Waals surface area contributed by atoms with Crippen LogP contribution in [0, 0.1) is 5.82 Å². The number of hydrogen-bond acceptors (Lipinski definition) is 6. The molecule has 0 aliphatic carbocycles. The van der Waals surface area contributed by atoms with Crippen molar-refractivity contribution >= 4 is 27.3 Å². The van der Waals surface area contributed by atoms with Gasteiger partial charge in [-0.3, -0.25) is 14.6 Å². The Morgan fingerprint density at radius 2 is 1.79 bits per heavy atom. The standard InChI is InChI=1S/C23H19FN4O5S/c1-33-21-5-3-2-4-18(21)28-34(31,32)16-10-11-20(29)19(12-16)26-23(30)17-13-25-27-22(17)14-6-8-15(24)9-7-14/h2-13,28-29H,1H3,(H,25,27)(H,26,30). The van der Waals surface area contributed by atoms with Crippen LogP contribution in [0.2, 0.25) is 0 Å². The van der Waals surface area contributed by atoms with Crippen molar-refractivity contribution in [3.8, 4) is 22.8 Å². The lowest BCUT2D eigenvalue weighted by Crippen LogP contribution is -2.16. The second-order valence-electron chi connectivity index (χ2n) is 7.10. The maximum absolute atomic E-state index is 13.2. The number of aromatic hydroxyl groups is 1. The van der Waals surface area contributed by atoms with Gasteiger partial charge in [-0.1, -0.05) is 12.1 Å². The SMILES string of the molecule is COc1ccccc1NS(=O)(=O)c1ccc(O)c(NC(=O)c2cn[nH]c2-c2ccc(F)cc2)c1. The molecule has 0 saturated heterocycles. The summed E-state index contributed by atoms with van der Waals surface area (Å²) in [6, 6.07) is 15.4. The number of aromatic nitrogens is 2. The fourth-order valence-electron chi connectivity index (χ4n) is 3.20. The van der Waals surface area contributed by atoms with E-state index in [-0.39, 0.29) is 27.6 Å². The number of amides is 1. The number of carbonyl (C=O) groups is 1. The van der Waals surface area contributed by atoms with E-state index in [4.69, 9.17) is 4.74 Å². The maximum atomic E-state index is 13.2. The summed E-state index contributed by atoms with van der Waals surface area (Å²) in [6.45, 7) is 0. The molecule has 1 amide bonds. The van der Waals surface area contributed by atoms with Gasteiger partial charge in [0.15, 0.2) is 0 Å². The molecule has 4 rings (SSSR count). The zero-order valence-electron chi connectivity index (χ0n) is 17.7. The third kappa shape index (κ3) is 4.69. The lowest BCUT2D eigenvalue weighted by Gasteiger charge is -2.13. The molecule has 34 heavy (non-hydrogen) atoms. The van der Waals surface area contributed by atoms with Crippen LogP contribution in [0.4, 0.5) is 15.8 Å². The van der Waals surface area contributed by atoms with Crippen LogP contribution >= 0.6 is 0 Å². The second kappa shape index (κ2) is 9.24. The topological polar surface area (TPSA) is 133 Å². The Morgan fingerprint density at radius 1 is 1.06 bits per heavy atom. The summed E-state index contributed by atoms with van der Waals surface area (Å²) in [7, 11) is -2.66. The molecule has 0 atom stereocenters. The summed E-state index contributed by atoms with van der Waals surface area (Å²) in [5.41, 5.74) is 1.07. The summed E-state index contributed by atoms with van der Waals surface area (Å²) >= 11 is 0. The molecule has 0 spiro atoms. The number of carbonyl (C=O) groups excluding carboxylic acids is 1. The van der Waals surface area contributed by atoms with Gasteiger partial charge in [0, 0.05) is 5.56 Å². The van der Waals surface area contributed by atoms with Crippen LogP contribution in [0.1, 0.15) is 10.4 Å². The van der Waals surface area contributed by atoms with E-state index in [0.717, 1.165) is 12.1 Å². The van der Waals surface area contributed by atoms with E-state index in [1.165, 1.54) is 49.7 Å². The van der Waals surface area contributed by atoms with Crippen LogP contribution in [0.25, 0.3) is 11.3 Å². The number of halogens is 1. The molecule has 174 valence electrons. The number of sulfonamides is 1. The lowest BCUT2D eigenvalue weighted by atomic mass is 10.1. The van der Waals surface area contributed by atoms with Gasteiger partial charge in [-0.25, -0.2) is 12.8 Å². The highest BCUT2D eigenvalue weighted by atomic mass is 32.2. The van der Waals surface area contributed by atoms with Crippen LogP contribution in [0.5, 0.6) is 11.5 Å². The number of H-pyrrole nitrogens is 1. The van der Waals surface area contributed by atoms with Crippen molar-refractivity contribution in [2.45, 2.75) is 4.90 Å². The highest BCUT2D eigenvalue weighted by Gasteiger charge is 2.21. The molecule has 3 aromatic carbocycles. The summed E-state index contributed by atoms with van der Waals surface area (Å²) < 4.78 is 46.6. The number of methoxy groups -OCH3 is 1. The molecule has 4 N–H and O–H groups in total. The van der Waals surface area contributed by atoms with E-state index >= 15 is 0 Å². The number of anilines is 2. The molecule has 0 radical (unpaired) electrons. The van der Waals surface area contributed by atoms with Crippen LogP contribution in [0.3, 0.4) is 0 Å². The van der Waals surface area contributed by atoms with Crippen molar-refractivity contribution in [3.63, 3.8) is 0 Å². The number of rotatable bonds is 7. The first-order chi connectivity index (χ1) is 16.3. The highest BCUT2D eigenvalue weighted by Crippen LogP contribution is 2.31. The Hall–Kier alpha value is -4.38. The van der Waals surface area contributed by atoms with Crippen molar-refractivity contribution in [3.05, 3.63) is 84.3 Å². The zero-order chi connectivity index (χ0) is 24.3. The number of para-hydroxylation sites is 2. The number of ether oxygens (including phenoxy) is 1. The summed E-state index contributed by atoms with van der Waals surface area (Å²) in [6.07, 6.45) is 1.27. The number of nitrogens with zero attached hydrogens (tertiary/aromatic N) is 1. The molecule has 9 nitrogen and oxygen atoms in total. The van der Waals surface area contributed by atoms with E-state index in [2.05, 4.69) is 20.2 Å².